The van der Waals surface area contributed by atoms with E-state index in [4.69, 9.17) is 0 Å². The Kier molecular flexibility index (Phi) is 5.81. The highest BCUT2D eigenvalue weighted by atomic mass is 79.9. The van der Waals surface area contributed by atoms with Crippen LogP contribution in [-0.4, -0.2) is 17.4 Å². The first-order valence-electron chi connectivity index (χ1n) is 6.40. The quantitative estimate of drug-likeness (QED) is 0.645. The van der Waals surface area contributed by atoms with Crippen molar-refractivity contribution in [3.63, 3.8) is 0 Å². The largest absolute Gasteiger partial charge is 0.334 e. The molecule has 0 aliphatic heterocycles. The number of hydrogen-bond donors (Lipinski definition) is 0. The second-order valence-corrected chi connectivity index (χ2v) is 7.67. The Morgan fingerprint density at radius 1 is 1.25 bits per heavy atom. The summed E-state index contributed by atoms with van der Waals surface area (Å²) in [4.78, 5) is 15.3. The highest BCUT2D eigenvalue weighted by Crippen LogP contribution is 2.33. The van der Waals surface area contributed by atoms with Crippen molar-refractivity contribution in [1.29, 1.82) is 0 Å². The van der Waals surface area contributed by atoms with Crippen molar-refractivity contribution >= 4 is 49.1 Å². The summed E-state index contributed by atoms with van der Waals surface area (Å²) in [5.41, 5.74) is 1.16. The lowest BCUT2D eigenvalue weighted by Crippen LogP contribution is -2.30. The van der Waals surface area contributed by atoms with E-state index in [-0.39, 0.29) is 5.91 Å². The van der Waals surface area contributed by atoms with Gasteiger partial charge < -0.3 is 4.90 Å². The molecule has 1 aromatic carbocycles. The molecule has 0 aliphatic carbocycles. The molecule has 1 heterocycles. The van der Waals surface area contributed by atoms with Gasteiger partial charge in [-0.05, 0) is 49.9 Å². The fraction of sp³-hybridized carbons (Fsp3) is 0.267. The Morgan fingerprint density at radius 2 is 1.95 bits per heavy atom. The number of amides is 1. The van der Waals surface area contributed by atoms with E-state index in [1.54, 1.807) is 0 Å². The van der Waals surface area contributed by atoms with Crippen LogP contribution in [0.15, 0.2) is 44.7 Å². The normalized spacial score (nSPS) is 10.6. The second-order valence-electron chi connectivity index (χ2n) is 4.44. The zero-order valence-electron chi connectivity index (χ0n) is 11.1. The monoisotopic (exact) mass is 415 g/mol. The molecule has 0 bridgehead atoms. The van der Waals surface area contributed by atoms with Crippen molar-refractivity contribution in [1.82, 2.24) is 4.90 Å². The fourth-order valence-corrected chi connectivity index (χ4v) is 3.94. The average Bonchev–Trinajstić information content (AvgIpc) is 2.78. The van der Waals surface area contributed by atoms with Crippen molar-refractivity contribution in [2.45, 2.75) is 19.9 Å². The molecule has 0 saturated carbocycles. The Hall–Kier alpha value is -0.650. The van der Waals surface area contributed by atoms with Gasteiger partial charge in [-0.25, -0.2) is 0 Å². The average molecular weight is 417 g/mol. The molecule has 1 amide bonds. The summed E-state index contributed by atoms with van der Waals surface area (Å²) in [6.45, 7) is 3.51. The highest BCUT2D eigenvalue weighted by molar-refractivity contribution is 9.13. The van der Waals surface area contributed by atoms with Gasteiger partial charge in [-0.15, -0.1) is 11.3 Å². The van der Waals surface area contributed by atoms with Crippen LogP contribution in [0.25, 0.3) is 0 Å². The summed E-state index contributed by atoms with van der Waals surface area (Å²) in [5.74, 6) is 0.0899. The molecule has 0 spiro atoms. The molecule has 1 aromatic heterocycles. The van der Waals surface area contributed by atoms with Crippen LogP contribution >= 0.6 is 43.2 Å². The van der Waals surface area contributed by atoms with Gasteiger partial charge in [0.05, 0.1) is 8.66 Å². The van der Waals surface area contributed by atoms with E-state index in [2.05, 4.69) is 50.9 Å². The van der Waals surface area contributed by atoms with Crippen LogP contribution in [-0.2, 0) is 6.54 Å². The molecule has 0 N–H and O–H groups in total. The van der Waals surface area contributed by atoms with E-state index in [1.165, 1.54) is 11.3 Å². The van der Waals surface area contributed by atoms with Crippen LogP contribution in [0.4, 0.5) is 0 Å². The van der Waals surface area contributed by atoms with E-state index in [9.17, 15) is 4.79 Å². The SMILES string of the molecule is CCCN(Cc1ccccc1)C(=O)c1cc(Br)c(Br)s1. The van der Waals surface area contributed by atoms with Crippen molar-refractivity contribution in [3.05, 3.63) is 55.1 Å². The molecule has 0 fully saturated rings. The van der Waals surface area contributed by atoms with Gasteiger partial charge in [0.15, 0.2) is 0 Å². The van der Waals surface area contributed by atoms with Gasteiger partial charge in [-0.3, -0.25) is 4.79 Å². The van der Waals surface area contributed by atoms with Gasteiger partial charge in [0.2, 0.25) is 0 Å². The number of benzene rings is 1. The molecule has 2 rings (SSSR count). The number of rotatable bonds is 5. The molecule has 0 unspecified atom stereocenters. The van der Waals surface area contributed by atoms with Crippen molar-refractivity contribution in [3.8, 4) is 0 Å². The molecule has 0 aliphatic rings. The molecule has 20 heavy (non-hydrogen) atoms. The molecule has 106 valence electrons. The Morgan fingerprint density at radius 3 is 2.50 bits per heavy atom. The third-order valence-electron chi connectivity index (χ3n) is 2.85. The summed E-state index contributed by atoms with van der Waals surface area (Å²) < 4.78 is 1.89. The number of nitrogens with zero attached hydrogens (tertiary/aromatic N) is 1. The van der Waals surface area contributed by atoms with E-state index >= 15 is 0 Å². The summed E-state index contributed by atoms with van der Waals surface area (Å²) in [6.07, 6.45) is 0.951. The summed E-state index contributed by atoms with van der Waals surface area (Å²) in [7, 11) is 0. The number of halogens is 2. The van der Waals surface area contributed by atoms with Crippen molar-refractivity contribution in [2.75, 3.05) is 6.54 Å². The fourth-order valence-electron chi connectivity index (χ4n) is 1.93. The smallest absolute Gasteiger partial charge is 0.264 e. The molecule has 0 radical (unpaired) electrons. The summed E-state index contributed by atoms with van der Waals surface area (Å²) in [6, 6.07) is 12.0. The van der Waals surface area contributed by atoms with E-state index in [0.717, 1.165) is 31.7 Å². The first-order chi connectivity index (χ1) is 9.61. The number of carbonyl (C=O) groups excluding carboxylic acids is 1. The number of carbonyl (C=O) groups is 1. The van der Waals surface area contributed by atoms with Crippen LogP contribution in [0.5, 0.6) is 0 Å². The van der Waals surface area contributed by atoms with Crippen LogP contribution in [0.3, 0.4) is 0 Å². The predicted octanol–water partition coefficient (Wildman–Crippen LogP) is 5.33. The predicted molar refractivity (Wildman–Crippen MR) is 91.2 cm³/mol. The lowest BCUT2D eigenvalue weighted by atomic mass is 10.2. The zero-order chi connectivity index (χ0) is 14.5. The molecular weight excluding hydrogens is 402 g/mol. The van der Waals surface area contributed by atoms with Crippen LogP contribution in [0, 0.1) is 0 Å². The maximum absolute atomic E-state index is 12.6. The summed E-state index contributed by atoms with van der Waals surface area (Å²) >= 11 is 8.34. The van der Waals surface area contributed by atoms with Crippen LogP contribution in [0.2, 0.25) is 0 Å². The Balaban J connectivity index is 2.17. The topological polar surface area (TPSA) is 20.3 Å². The van der Waals surface area contributed by atoms with Gasteiger partial charge in [-0.1, -0.05) is 37.3 Å². The molecule has 2 nitrogen and oxygen atoms in total. The lowest BCUT2D eigenvalue weighted by molar-refractivity contribution is 0.0748. The lowest BCUT2D eigenvalue weighted by Gasteiger charge is -2.21. The number of hydrogen-bond acceptors (Lipinski definition) is 2. The molecule has 0 saturated heterocycles. The zero-order valence-corrected chi connectivity index (χ0v) is 15.1. The van der Waals surface area contributed by atoms with Gasteiger partial charge in [0.25, 0.3) is 5.91 Å². The maximum Gasteiger partial charge on any atom is 0.264 e. The van der Waals surface area contributed by atoms with Gasteiger partial charge in [0.1, 0.15) is 0 Å². The van der Waals surface area contributed by atoms with Crippen LogP contribution < -0.4 is 0 Å². The van der Waals surface area contributed by atoms with E-state index in [1.807, 2.05) is 29.2 Å². The summed E-state index contributed by atoms with van der Waals surface area (Å²) in [5, 5.41) is 0. The Labute approximate surface area is 140 Å². The first-order valence-corrected chi connectivity index (χ1v) is 8.80. The van der Waals surface area contributed by atoms with Gasteiger partial charge >= 0.3 is 0 Å². The van der Waals surface area contributed by atoms with E-state index in [0.29, 0.717) is 6.54 Å². The molecule has 5 heteroatoms. The highest BCUT2D eigenvalue weighted by Gasteiger charge is 2.18. The minimum atomic E-state index is 0.0899. The van der Waals surface area contributed by atoms with E-state index < -0.39 is 0 Å². The van der Waals surface area contributed by atoms with Crippen molar-refractivity contribution in [2.24, 2.45) is 0 Å². The first kappa shape index (κ1) is 15.7. The molecular formula is C15H15Br2NOS. The molecule has 2 aromatic rings. The Bertz CT molecular complexity index is 563. The second kappa shape index (κ2) is 7.38. The standard InChI is InChI=1S/C15H15Br2NOS/c1-2-8-18(10-11-6-4-3-5-7-11)15(19)13-9-12(16)14(17)20-13/h3-7,9H,2,8,10H2,1H3. The van der Waals surface area contributed by atoms with Gasteiger partial charge in [0, 0.05) is 17.6 Å². The maximum atomic E-state index is 12.6. The molecule has 0 atom stereocenters. The number of thiophene rings is 1. The van der Waals surface area contributed by atoms with Crippen LogP contribution in [0.1, 0.15) is 28.6 Å². The third-order valence-corrected chi connectivity index (χ3v) is 6.10. The third kappa shape index (κ3) is 3.93. The minimum Gasteiger partial charge on any atom is -0.334 e. The van der Waals surface area contributed by atoms with Gasteiger partial charge in [-0.2, -0.15) is 0 Å². The van der Waals surface area contributed by atoms with Crippen molar-refractivity contribution < 1.29 is 4.79 Å². The minimum absolute atomic E-state index is 0.0899.